The number of carbonyl (C=O) groups excluding carboxylic acids is 1. The van der Waals surface area contributed by atoms with Crippen molar-refractivity contribution >= 4 is 16.6 Å². The van der Waals surface area contributed by atoms with E-state index in [9.17, 15) is 17.8 Å². The first-order valence-corrected chi connectivity index (χ1v) is 8.98. The van der Waals surface area contributed by atoms with Crippen LogP contribution in [0.3, 0.4) is 0 Å². The van der Waals surface area contributed by atoms with E-state index in [1.54, 1.807) is 0 Å². The molecule has 9 heteroatoms. The largest absolute Gasteiger partial charge is 0.492 e. The summed E-state index contributed by atoms with van der Waals surface area (Å²) >= 11 is 0. The summed E-state index contributed by atoms with van der Waals surface area (Å²) < 4.78 is 52.0. The van der Waals surface area contributed by atoms with Crippen LogP contribution in [0.1, 0.15) is 40.4 Å². The Kier molecular flexibility index (Phi) is 4.85. The van der Waals surface area contributed by atoms with Crippen LogP contribution in [0.5, 0.6) is 11.5 Å². The standard InChI is InChI=1S/C16H15F2NO5S/c1-22-14-11(23-16(17)18)6-5-9(15(14)25(2)21)12(20)10-7-19-24-13(10)8-3-4-8/h5-8,16H,3-4H2,1-2H3. The fourth-order valence-corrected chi connectivity index (χ4v) is 3.51. The number of rotatable bonds is 7. The van der Waals surface area contributed by atoms with Crippen LogP contribution in [-0.2, 0) is 10.8 Å². The molecule has 134 valence electrons. The van der Waals surface area contributed by atoms with Crippen molar-refractivity contribution in [2.45, 2.75) is 30.3 Å². The second-order valence-electron chi connectivity index (χ2n) is 5.51. The number of hydrogen-bond donors (Lipinski definition) is 0. The van der Waals surface area contributed by atoms with Crippen LogP contribution in [0.4, 0.5) is 8.78 Å². The number of aromatic nitrogens is 1. The van der Waals surface area contributed by atoms with Crippen molar-refractivity contribution in [2.24, 2.45) is 0 Å². The van der Waals surface area contributed by atoms with Gasteiger partial charge < -0.3 is 14.0 Å². The van der Waals surface area contributed by atoms with Gasteiger partial charge >= 0.3 is 6.61 Å². The average Bonchev–Trinajstić information content (AvgIpc) is 3.29. The summed E-state index contributed by atoms with van der Waals surface area (Å²) in [6.07, 6.45) is 4.46. The monoisotopic (exact) mass is 371 g/mol. The van der Waals surface area contributed by atoms with Crippen molar-refractivity contribution in [2.75, 3.05) is 13.4 Å². The van der Waals surface area contributed by atoms with Gasteiger partial charge in [0, 0.05) is 17.7 Å². The van der Waals surface area contributed by atoms with Crippen LogP contribution in [0.15, 0.2) is 27.7 Å². The minimum Gasteiger partial charge on any atom is -0.492 e. The predicted molar refractivity (Wildman–Crippen MR) is 83.9 cm³/mol. The average molecular weight is 371 g/mol. The predicted octanol–water partition coefficient (Wildman–Crippen LogP) is 3.13. The second-order valence-corrected chi connectivity index (χ2v) is 6.83. The Balaban J connectivity index is 2.10. The molecular weight excluding hydrogens is 356 g/mol. The van der Waals surface area contributed by atoms with Crippen LogP contribution in [0.25, 0.3) is 0 Å². The number of methoxy groups -OCH3 is 1. The van der Waals surface area contributed by atoms with Crippen LogP contribution < -0.4 is 9.47 Å². The zero-order chi connectivity index (χ0) is 18.1. The highest BCUT2D eigenvalue weighted by Crippen LogP contribution is 2.43. The molecule has 1 atom stereocenters. The molecule has 1 aliphatic rings. The third kappa shape index (κ3) is 3.41. The highest BCUT2D eigenvalue weighted by atomic mass is 32.2. The van der Waals surface area contributed by atoms with Gasteiger partial charge in [0.25, 0.3) is 0 Å². The van der Waals surface area contributed by atoms with Crippen LogP contribution in [-0.4, -0.2) is 35.1 Å². The molecule has 0 N–H and O–H groups in total. The maximum Gasteiger partial charge on any atom is 0.387 e. The summed E-state index contributed by atoms with van der Waals surface area (Å²) in [5.74, 6) is -0.247. The molecule has 2 aromatic rings. The molecule has 0 saturated heterocycles. The van der Waals surface area contributed by atoms with E-state index < -0.39 is 23.2 Å². The molecule has 3 rings (SSSR count). The fraction of sp³-hybridized carbons (Fsp3) is 0.375. The molecule has 6 nitrogen and oxygen atoms in total. The van der Waals surface area contributed by atoms with E-state index in [1.165, 1.54) is 31.7 Å². The highest BCUT2D eigenvalue weighted by molar-refractivity contribution is 7.84. The number of alkyl halides is 2. The number of benzene rings is 1. The minimum atomic E-state index is -3.08. The van der Waals surface area contributed by atoms with Crippen molar-refractivity contribution < 1.29 is 31.8 Å². The number of halogens is 2. The van der Waals surface area contributed by atoms with Gasteiger partial charge in [-0.2, -0.15) is 8.78 Å². The van der Waals surface area contributed by atoms with Crippen molar-refractivity contribution in [1.29, 1.82) is 0 Å². The quantitative estimate of drug-likeness (QED) is 0.696. The fourth-order valence-electron chi connectivity index (χ4n) is 2.60. The van der Waals surface area contributed by atoms with Crippen molar-refractivity contribution in [3.8, 4) is 11.5 Å². The Morgan fingerprint density at radius 1 is 1.36 bits per heavy atom. The topological polar surface area (TPSA) is 78.6 Å². The molecule has 1 fully saturated rings. The Labute approximate surface area is 144 Å². The van der Waals surface area contributed by atoms with Gasteiger partial charge in [-0.15, -0.1) is 0 Å². The molecule has 0 amide bonds. The summed E-state index contributed by atoms with van der Waals surface area (Å²) in [5, 5.41) is 3.68. The van der Waals surface area contributed by atoms with Crippen molar-refractivity contribution in [3.05, 3.63) is 35.2 Å². The maximum absolute atomic E-state index is 12.9. The van der Waals surface area contributed by atoms with E-state index >= 15 is 0 Å². The molecule has 1 aromatic carbocycles. The summed E-state index contributed by atoms with van der Waals surface area (Å²) in [5.41, 5.74) is 0.350. The maximum atomic E-state index is 12.9. The number of carbonyl (C=O) groups is 1. The summed E-state index contributed by atoms with van der Waals surface area (Å²) in [4.78, 5) is 12.9. The van der Waals surface area contributed by atoms with E-state index in [0.717, 1.165) is 12.8 Å². The van der Waals surface area contributed by atoms with E-state index in [0.29, 0.717) is 5.76 Å². The third-order valence-electron chi connectivity index (χ3n) is 3.82. The summed E-state index contributed by atoms with van der Waals surface area (Å²) in [6.45, 7) is -3.08. The first kappa shape index (κ1) is 17.5. The van der Waals surface area contributed by atoms with Gasteiger partial charge in [0.05, 0.1) is 34.6 Å². The lowest BCUT2D eigenvalue weighted by Gasteiger charge is -2.15. The van der Waals surface area contributed by atoms with Gasteiger partial charge in [-0.25, -0.2) is 0 Å². The molecule has 0 aliphatic heterocycles. The molecule has 1 aromatic heterocycles. The van der Waals surface area contributed by atoms with E-state index in [2.05, 4.69) is 9.89 Å². The van der Waals surface area contributed by atoms with Gasteiger partial charge in [-0.3, -0.25) is 9.00 Å². The molecule has 1 aliphatic carbocycles. The first-order valence-electron chi connectivity index (χ1n) is 7.42. The minimum absolute atomic E-state index is 0.00593. The van der Waals surface area contributed by atoms with Gasteiger partial charge in [-0.1, -0.05) is 5.16 Å². The van der Waals surface area contributed by atoms with Gasteiger partial charge in [0.15, 0.2) is 23.0 Å². The first-order chi connectivity index (χ1) is 11.9. The zero-order valence-corrected chi connectivity index (χ0v) is 14.3. The molecule has 1 saturated carbocycles. The lowest BCUT2D eigenvalue weighted by atomic mass is 10.0. The Morgan fingerprint density at radius 3 is 2.64 bits per heavy atom. The molecule has 0 bridgehead atoms. The number of hydrogen-bond acceptors (Lipinski definition) is 6. The lowest BCUT2D eigenvalue weighted by Crippen LogP contribution is -2.11. The number of ketones is 1. The SMILES string of the molecule is COc1c(OC(F)F)ccc(C(=O)c2cnoc2C2CC2)c1S(C)=O. The summed E-state index contributed by atoms with van der Waals surface area (Å²) in [6, 6.07) is 2.49. The van der Waals surface area contributed by atoms with Crippen LogP contribution in [0.2, 0.25) is 0 Å². The van der Waals surface area contributed by atoms with E-state index in [1.807, 2.05) is 0 Å². The molecular formula is C16H15F2NO5S. The zero-order valence-electron chi connectivity index (χ0n) is 13.5. The van der Waals surface area contributed by atoms with Gasteiger partial charge in [-0.05, 0) is 25.0 Å². The molecule has 0 radical (unpaired) electrons. The smallest absolute Gasteiger partial charge is 0.387 e. The van der Waals surface area contributed by atoms with Gasteiger partial charge in [0.2, 0.25) is 0 Å². The van der Waals surface area contributed by atoms with E-state index in [4.69, 9.17) is 9.26 Å². The lowest BCUT2D eigenvalue weighted by molar-refractivity contribution is -0.0514. The number of nitrogens with zero attached hydrogens (tertiary/aromatic N) is 1. The number of ether oxygens (including phenoxy) is 2. The second kappa shape index (κ2) is 6.91. The van der Waals surface area contributed by atoms with Crippen molar-refractivity contribution in [3.63, 3.8) is 0 Å². The van der Waals surface area contributed by atoms with Crippen LogP contribution in [0, 0.1) is 0 Å². The van der Waals surface area contributed by atoms with Gasteiger partial charge in [0.1, 0.15) is 0 Å². The molecule has 0 spiro atoms. The molecule has 25 heavy (non-hydrogen) atoms. The summed E-state index contributed by atoms with van der Waals surface area (Å²) in [7, 11) is -0.453. The Morgan fingerprint density at radius 2 is 2.08 bits per heavy atom. The Bertz CT molecular complexity index is 832. The third-order valence-corrected chi connectivity index (χ3v) is 4.80. The molecule has 1 unspecified atom stereocenters. The van der Waals surface area contributed by atoms with Crippen molar-refractivity contribution in [1.82, 2.24) is 5.16 Å². The Hall–Kier alpha value is -2.29. The molecule has 1 heterocycles. The van der Waals surface area contributed by atoms with E-state index in [-0.39, 0.29) is 33.4 Å². The van der Waals surface area contributed by atoms with Crippen LogP contribution >= 0.6 is 0 Å². The highest BCUT2D eigenvalue weighted by Gasteiger charge is 2.34. The normalized spacial score (nSPS) is 15.2.